The van der Waals surface area contributed by atoms with Crippen molar-refractivity contribution in [2.45, 2.75) is 66.3 Å². The highest BCUT2D eigenvalue weighted by Crippen LogP contribution is 2.38. The third kappa shape index (κ3) is 5.76. The van der Waals surface area contributed by atoms with Crippen molar-refractivity contribution >= 4 is 5.57 Å². The minimum atomic E-state index is 0.0561. The van der Waals surface area contributed by atoms with E-state index < -0.39 is 0 Å². The van der Waals surface area contributed by atoms with E-state index in [4.69, 9.17) is 0 Å². The molecule has 0 aromatic heterocycles. The zero-order valence-electron chi connectivity index (χ0n) is 18.9. The highest BCUT2D eigenvalue weighted by atomic mass is 16.3. The molecule has 29 heavy (non-hydrogen) atoms. The standard InChI is InChI=1S/C27H37NO/c1-17(15-18(2)22(6)29)21(5)28-26-12-10-11-24-20(4)23(13-14-25(24)26)19(3)16-27(7,8)9/h13-15,26,28-29H,1,3,5-6,10-12,16H2,2,4,7-9H3/b18-15+/t26-/m0/s1. The van der Waals surface area contributed by atoms with Gasteiger partial charge in [0.1, 0.15) is 5.76 Å². The minimum Gasteiger partial charge on any atom is -0.508 e. The highest BCUT2D eigenvalue weighted by Gasteiger charge is 2.24. The average Bonchev–Trinajstić information content (AvgIpc) is 2.60. The Hall–Kier alpha value is -2.48. The van der Waals surface area contributed by atoms with Crippen LogP contribution in [0.4, 0.5) is 0 Å². The summed E-state index contributed by atoms with van der Waals surface area (Å²) in [7, 11) is 0. The van der Waals surface area contributed by atoms with Crippen LogP contribution in [0.3, 0.4) is 0 Å². The molecule has 1 atom stereocenters. The molecule has 1 aromatic carbocycles. The predicted octanol–water partition coefficient (Wildman–Crippen LogP) is 7.50. The number of benzene rings is 1. The van der Waals surface area contributed by atoms with Gasteiger partial charge in [-0.25, -0.2) is 0 Å². The summed E-state index contributed by atoms with van der Waals surface area (Å²) in [5.41, 5.74) is 9.13. The van der Waals surface area contributed by atoms with Gasteiger partial charge in [0.05, 0.1) is 6.04 Å². The molecule has 2 rings (SSSR count). The predicted molar refractivity (Wildman–Crippen MR) is 127 cm³/mol. The molecule has 2 N–H and O–H groups in total. The van der Waals surface area contributed by atoms with E-state index >= 15 is 0 Å². The molecule has 156 valence electrons. The van der Waals surface area contributed by atoms with Gasteiger partial charge in [-0.15, -0.1) is 0 Å². The second-order valence-electron chi connectivity index (χ2n) is 9.51. The maximum absolute atomic E-state index is 9.51. The molecule has 2 heteroatoms. The van der Waals surface area contributed by atoms with E-state index in [2.05, 4.69) is 71.5 Å². The van der Waals surface area contributed by atoms with Crippen molar-refractivity contribution in [1.29, 1.82) is 0 Å². The van der Waals surface area contributed by atoms with Crippen LogP contribution in [-0.4, -0.2) is 5.11 Å². The molecule has 0 radical (unpaired) electrons. The van der Waals surface area contributed by atoms with Gasteiger partial charge in [0, 0.05) is 5.70 Å². The molecule has 2 nitrogen and oxygen atoms in total. The second-order valence-corrected chi connectivity index (χ2v) is 9.51. The molecule has 1 aromatic rings. The molecule has 0 saturated carbocycles. The normalized spacial score (nSPS) is 16.7. The highest BCUT2D eigenvalue weighted by molar-refractivity contribution is 5.69. The van der Waals surface area contributed by atoms with Crippen molar-refractivity contribution in [2.75, 3.05) is 0 Å². The fourth-order valence-electron chi connectivity index (χ4n) is 4.08. The summed E-state index contributed by atoms with van der Waals surface area (Å²) >= 11 is 0. The first-order chi connectivity index (χ1) is 13.4. The van der Waals surface area contributed by atoms with Gasteiger partial charge < -0.3 is 10.4 Å². The molecule has 1 aliphatic carbocycles. The topological polar surface area (TPSA) is 32.3 Å². The molecular weight excluding hydrogens is 354 g/mol. The van der Waals surface area contributed by atoms with Gasteiger partial charge in [-0.05, 0) is 90.0 Å². The lowest BCUT2D eigenvalue weighted by Crippen LogP contribution is -2.25. The third-order valence-corrected chi connectivity index (χ3v) is 5.64. The van der Waals surface area contributed by atoms with Crippen LogP contribution < -0.4 is 5.32 Å². The number of aliphatic hydroxyl groups is 1. The zero-order chi connectivity index (χ0) is 21.9. The number of allylic oxidation sites excluding steroid dienone is 3. The fraction of sp³-hybridized carbons (Fsp3) is 0.407. The van der Waals surface area contributed by atoms with E-state index in [1.165, 1.54) is 27.8 Å². The molecule has 0 aliphatic heterocycles. The molecule has 0 fully saturated rings. The van der Waals surface area contributed by atoms with Gasteiger partial charge in [0.2, 0.25) is 0 Å². The first kappa shape index (κ1) is 22.8. The monoisotopic (exact) mass is 391 g/mol. The van der Waals surface area contributed by atoms with Crippen LogP contribution in [0.25, 0.3) is 5.57 Å². The Kier molecular flexibility index (Phi) is 7.00. The van der Waals surface area contributed by atoms with Crippen LogP contribution in [0.5, 0.6) is 0 Å². The lowest BCUT2D eigenvalue weighted by molar-refractivity contribution is 0.426. The van der Waals surface area contributed by atoms with E-state index in [-0.39, 0.29) is 17.2 Å². The summed E-state index contributed by atoms with van der Waals surface area (Å²) in [6.07, 6.45) is 6.12. The molecule has 0 heterocycles. The number of rotatable bonds is 7. The number of nitrogens with one attached hydrogen (secondary N) is 1. The number of hydrogen-bond donors (Lipinski definition) is 2. The van der Waals surface area contributed by atoms with Crippen LogP contribution >= 0.6 is 0 Å². The molecule has 0 amide bonds. The van der Waals surface area contributed by atoms with Gasteiger partial charge in [-0.1, -0.05) is 59.2 Å². The molecule has 0 bridgehead atoms. The molecular formula is C27H37NO. The van der Waals surface area contributed by atoms with Crippen molar-refractivity contribution in [2.24, 2.45) is 5.41 Å². The average molecular weight is 392 g/mol. The number of hydrogen-bond acceptors (Lipinski definition) is 2. The van der Waals surface area contributed by atoms with Crippen molar-refractivity contribution in [1.82, 2.24) is 5.32 Å². The Morgan fingerprint density at radius 3 is 2.45 bits per heavy atom. The minimum absolute atomic E-state index is 0.0561. The second kappa shape index (κ2) is 8.90. The van der Waals surface area contributed by atoms with Gasteiger partial charge >= 0.3 is 0 Å². The Labute approximate surface area is 177 Å². The van der Waals surface area contributed by atoms with Crippen LogP contribution in [0, 0.1) is 12.3 Å². The maximum atomic E-state index is 9.51. The lowest BCUT2D eigenvalue weighted by atomic mass is 9.79. The SMILES string of the molecule is C=C(/C=C(\C)C(=C)O)C(=C)N[C@H]1CCCc2c1ccc(C(=C)CC(C)(C)C)c2C. The number of fused-ring (bicyclic) bond motifs is 1. The smallest absolute Gasteiger partial charge is 0.111 e. The van der Waals surface area contributed by atoms with Gasteiger partial charge in [-0.2, -0.15) is 0 Å². The molecule has 0 spiro atoms. The summed E-state index contributed by atoms with van der Waals surface area (Å²) in [6.45, 7) is 27.0. The van der Waals surface area contributed by atoms with Crippen molar-refractivity contribution < 1.29 is 5.11 Å². The third-order valence-electron chi connectivity index (χ3n) is 5.64. The van der Waals surface area contributed by atoms with Gasteiger partial charge in [0.25, 0.3) is 0 Å². The first-order valence-electron chi connectivity index (χ1n) is 10.4. The van der Waals surface area contributed by atoms with Crippen LogP contribution in [-0.2, 0) is 6.42 Å². The Morgan fingerprint density at radius 1 is 1.21 bits per heavy atom. The molecule has 1 aliphatic rings. The maximum Gasteiger partial charge on any atom is 0.111 e. The lowest BCUT2D eigenvalue weighted by Gasteiger charge is -2.31. The Bertz CT molecular complexity index is 877. The van der Waals surface area contributed by atoms with E-state index in [0.717, 1.165) is 37.0 Å². The molecule has 0 unspecified atom stereocenters. The largest absolute Gasteiger partial charge is 0.508 e. The Morgan fingerprint density at radius 2 is 1.86 bits per heavy atom. The van der Waals surface area contributed by atoms with Crippen LogP contribution in [0.2, 0.25) is 0 Å². The summed E-state index contributed by atoms with van der Waals surface area (Å²) in [6, 6.07) is 4.71. The Balaban J connectivity index is 2.25. The van der Waals surface area contributed by atoms with E-state index in [1.54, 1.807) is 0 Å². The van der Waals surface area contributed by atoms with Crippen LogP contribution in [0.15, 0.2) is 67.1 Å². The van der Waals surface area contributed by atoms with E-state index in [1.807, 2.05) is 13.0 Å². The summed E-state index contributed by atoms with van der Waals surface area (Å²) in [4.78, 5) is 0. The van der Waals surface area contributed by atoms with E-state index in [9.17, 15) is 5.11 Å². The van der Waals surface area contributed by atoms with Crippen molar-refractivity contribution in [3.8, 4) is 0 Å². The summed E-state index contributed by atoms with van der Waals surface area (Å²) in [5.74, 6) is 0.0561. The number of aliphatic hydroxyl groups excluding tert-OH is 1. The quantitative estimate of drug-likeness (QED) is 0.372. The first-order valence-corrected chi connectivity index (χ1v) is 10.4. The summed E-state index contributed by atoms with van der Waals surface area (Å²) < 4.78 is 0. The fourth-order valence-corrected chi connectivity index (χ4v) is 4.08. The van der Waals surface area contributed by atoms with Crippen molar-refractivity contribution in [3.63, 3.8) is 0 Å². The molecule has 0 saturated heterocycles. The van der Waals surface area contributed by atoms with Crippen molar-refractivity contribution in [3.05, 3.63) is 89.4 Å². The van der Waals surface area contributed by atoms with Gasteiger partial charge in [-0.3, -0.25) is 0 Å². The zero-order valence-corrected chi connectivity index (χ0v) is 18.9. The van der Waals surface area contributed by atoms with Crippen LogP contribution in [0.1, 0.15) is 75.3 Å². The van der Waals surface area contributed by atoms with E-state index in [0.29, 0.717) is 5.57 Å². The van der Waals surface area contributed by atoms with Gasteiger partial charge in [0.15, 0.2) is 0 Å². The summed E-state index contributed by atoms with van der Waals surface area (Å²) in [5, 5.41) is 13.1.